The Hall–Kier alpha value is -1.59. The van der Waals surface area contributed by atoms with Crippen molar-refractivity contribution in [1.29, 1.82) is 0 Å². The second-order valence-electron chi connectivity index (χ2n) is 4.89. The van der Waals surface area contributed by atoms with Gasteiger partial charge in [-0.05, 0) is 37.1 Å². The Morgan fingerprint density at radius 1 is 1.39 bits per heavy atom. The lowest BCUT2D eigenvalue weighted by atomic mass is 9.75. The monoisotopic (exact) mass is 248 g/mol. The molecule has 0 aliphatic carbocycles. The number of ether oxygens (including phenoxy) is 1. The number of hydrogen-bond donors (Lipinski definition) is 2. The standard InChI is InChI=1S/C13H16N2O3/c14-5-1-4-13(7-17-8-13)9-2-3-10-11(6-9)18-12(16)15-10/h2-3,6H,1,4-5,7-8,14H2,(H,15,16). The predicted octanol–water partition coefficient (Wildman–Crippen LogP) is 1.13. The molecule has 0 atom stereocenters. The zero-order valence-electron chi connectivity index (χ0n) is 10.1. The topological polar surface area (TPSA) is 81.3 Å². The van der Waals surface area contributed by atoms with Gasteiger partial charge in [0.15, 0.2) is 5.58 Å². The highest BCUT2D eigenvalue weighted by atomic mass is 16.5. The Labute approximate surface area is 104 Å². The summed E-state index contributed by atoms with van der Waals surface area (Å²) in [5.74, 6) is -0.414. The third-order valence-electron chi connectivity index (χ3n) is 3.65. The zero-order valence-corrected chi connectivity index (χ0v) is 10.1. The van der Waals surface area contributed by atoms with Crippen LogP contribution in [0, 0.1) is 0 Å². The number of aromatic nitrogens is 1. The van der Waals surface area contributed by atoms with Crippen LogP contribution in [-0.4, -0.2) is 24.7 Å². The van der Waals surface area contributed by atoms with Crippen molar-refractivity contribution in [3.05, 3.63) is 34.3 Å². The van der Waals surface area contributed by atoms with E-state index in [9.17, 15) is 4.79 Å². The molecule has 3 rings (SSSR count). The van der Waals surface area contributed by atoms with Gasteiger partial charge in [-0.1, -0.05) is 6.07 Å². The summed E-state index contributed by atoms with van der Waals surface area (Å²) in [6, 6.07) is 5.86. The molecule has 2 aromatic rings. The first-order valence-electron chi connectivity index (χ1n) is 6.15. The summed E-state index contributed by atoms with van der Waals surface area (Å²) < 4.78 is 10.5. The van der Waals surface area contributed by atoms with Crippen LogP contribution in [0.3, 0.4) is 0 Å². The SMILES string of the molecule is NCCCC1(c2ccc3[nH]c(=O)oc3c2)COC1. The van der Waals surface area contributed by atoms with Gasteiger partial charge in [-0.15, -0.1) is 0 Å². The van der Waals surface area contributed by atoms with Gasteiger partial charge in [0, 0.05) is 5.41 Å². The average molecular weight is 248 g/mol. The van der Waals surface area contributed by atoms with Gasteiger partial charge in [0.1, 0.15) is 0 Å². The Morgan fingerprint density at radius 3 is 2.89 bits per heavy atom. The Balaban J connectivity index is 1.99. The molecular weight excluding hydrogens is 232 g/mol. The lowest BCUT2D eigenvalue weighted by Gasteiger charge is -2.42. The molecule has 0 radical (unpaired) electrons. The molecule has 5 heteroatoms. The number of nitrogens with one attached hydrogen (secondary N) is 1. The van der Waals surface area contributed by atoms with Gasteiger partial charge in [-0.3, -0.25) is 4.98 Å². The number of oxazole rings is 1. The molecule has 0 amide bonds. The number of fused-ring (bicyclic) bond motifs is 1. The summed E-state index contributed by atoms with van der Waals surface area (Å²) in [6.07, 6.45) is 1.97. The van der Waals surface area contributed by atoms with Gasteiger partial charge in [-0.25, -0.2) is 4.79 Å². The summed E-state index contributed by atoms with van der Waals surface area (Å²) in [5, 5.41) is 0. The zero-order chi connectivity index (χ0) is 12.6. The highest BCUT2D eigenvalue weighted by molar-refractivity contribution is 5.73. The molecule has 1 saturated heterocycles. The highest BCUT2D eigenvalue weighted by Crippen LogP contribution is 2.37. The van der Waals surface area contributed by atoms with Crippen molar-refractivity contribution >= 4 is 11.1 Å². The van der Waals surface area contributed by atoms with E-state index < -0.39 is 5.76 Å². The molecule has 96 valence electrons. The number of hydrogen-bond acceptors (Lipinski definition) is 4. The summed E-state index contributed by atoms with van der Waals surface area (Å²) in [7, 11) is 0. The normalized spacial score (nSPS) is 17.8. The van der Waals surface area contributed by atoms with Crippen molar-refractivity contribution in [2.24, 2.45) is 5.73 Å². The summed E-state index contributed by atoms with van der Waals surface area (Å²) in [6.45, 7) is 2.11. The molecule has 0 spiro atoms. The molecule has 2 heterocycles. The first kappa shape index (κ1) is 11.5. The maximum Gasteiger partial charge on any atom is 0.417 e. The molecule has 5 nitrogen and oxygen atoms in total. The van der Waals surface area contributed by atoms with Crippen molar-refractivity contribution in [3.8, 4) is 0 Å². The van der Waals surface area contributed by atoms with Gasteiger partial charge >= 0.3 is 5.76 Å². The number of rotatable bonds is 4. The molecule has 0 bridgehead atoms. The molecule has 1 aliphatic heterocycles. The van der Waals surface area contributed by atoms with E-state index in [4.69, 9.17) is 14.9 Å². The minimum absolute atomic E-state index is 0.0450. The second kappa shape index (κ2) is 4.26. The lowest BCUT2D eigenvalue weighted by molar-refractivity contribution is -0.0648. The first-order valence-corrected chi connectivity index (χ1v) is 6.15. The predicted molar refractivity (Wildman–Crippen MR) is 67.6 cm³/mol. The quantitative estimate of drug-likeness (QED) is 0.849. The van der Waals surface area contributed by atoms with Crippen molar-refractivity contribution < 1.29 is 9.15 Å². The Morgan fingerprint density at radius 2 is 2.22 bits per heavy atom. The Bertz CT molecular complexity index is 610. The fraction of sp³-hybridized carbons (Fsp3) is 0.462. The molecular formula is C13H16N2O3. The van der Waals surface area contributed by atoms with E-state index >= 15 is 0 Å². The van der Waals surface area contributed by atoms with Crippen molar-refractivity contribution in [2.45, 2.75) is 18.3 Å². The minimum Gasteiger partial charge on any atom is -0.408 e. The number of H-pyrrole nitrogens is 1. The molecule has 18 heavy (non-hydrogen) atoms. The molecule has 1 aromatic carbocycles. The van der Waals surface area contributed by atoms with Crippen molar-refractivity contribution in [1.82, 2.24) is 4.98 Å². The number of aromatic amines is 1. The van der Waals surface area contributed by atoms with Crippen LogP contribution in [0.5, 0.6) is 0 Å². The van der Waals surface area contributed by atoms with Crippen LogP contribution < -0.4 is 11.5 Å². The molecule has 1 aliphatic rings. The number of benzene rings is 1. The molecule has 0 saturated carbocycles. The van der Waals surface area contributed by atoms with Crippen LogP contribution in [0.1, 0.15) is 18.4 Å². The fourth-order valence-corrected chi connectivity index (χ4v) is 2.52. The molecule has 1 fully saturated rings. The second-order valence-corrected chi connectivity index (χ2v) is 4.89. The smallest absolute Gasteiger partial charge is 0.408 e. The summed E-state index contributed by atoms with van der Waals surface area (Å²) in [4.78, 5) is 13.8. The van der Waals surface area contributed by atoms with E-state index in [1.54, 1.807) is 0 Å². The summed E-state index contributed by atoms with van der Waals surface area (Å²) in [5.41, 5.74) is 8.13. The number of nitrogens with two attached hydrogens (primary N) is 1. The maximum atomic E-state index is 11.1. The van der Waals surface area contributed by atoms with Crippen LogP contribution in [0.2, 0.25) is 0 Å². The van der Waals surface area contributed by atoms with E-state index in [0.717, 1.165) is 23.9 Å². The Kier molecular flexibility index (Phi) is 2.72. The van der Waals surface area contributed by atoms with Crippen molar-refractivity contribution in [2.75, 3.05) is 19.8 Å². The van der Waals surface area contributed by atoms with Crippen LogP contribution in [0.25, 0.3) is 11.1 Å². The highest BCUT2D eigenvalue weighted by Gasteiger charge is 2.39. The van der Waals surface area contributed by atoms with E-state index in [-0.39, 0.29) is 5.41 Å². The van der Waals surface area contributed by atoms with E-state index in [0.29, 0.717) is 25.3 Å². The van der Waals surface area contributed by atoms with E-state index in [2.05, 4.69) is 4.98 Å². The first-order chi connectivity index (χ1) is 8.73. The third-order valence-corrected chi connectivity index (χ3v) is 3.65. The van der Waals surface area contributed by atoms with Crippen LogP contribution in [0.15, 0.2) is 27.4 Å². The van der Waals surface area contributed by atoms with Crippen LogP contribution in [0.4, 0.5) is 0 Å². The van der Waals surface area contributed by atoms with Gasteiger partial charge in [0.25, 0.3) is 0 Å². The summed E-state index contributed by atoms with van der Waals surface area (Å²) >= 11 is 0. The molecule has 3 N–H and O–H groups in total. The van der Waals surface area contributed by atoms with E-state index in [1.165, 1.54) is 0 Å². The van der Waals surface area contributed by atoms with E-state index in [1.807, 2.05) is 18.2 Å². The van der Waals surface area contributed by atoms with Gasteiger partial charge in [0.2, 0.25) is 0 Å². The minimum atomic E-state index is -0.414. The fourth-order valence-electron chi connectivity index (χ4n) is 2.52. The average Bonchev–Trinajstić information content (AvgIpc) is 2.67. The van der Waals surface area contributed by atoms with Crippen LogP contribution in [-0.2, 0) is 10.2 Å². The van der Waals surface area contributed by atoms with Crippen molar-refractivity contribution in [3.63, 3.8) is 0 Å². The van der Waals surface area contributed by atoms with Gasteiger partial charge < -0.3 is 14.9 Å². The van der Waals surface area contributed by atoms with Crippen LogP contribution >= 0.6 is 0 Å². The lowest BCUT2D eigenvalue weighted by Crippen LogP contribution is -2.46. The maximum absolute atomic E-state index is 11.1. The largest absolute Gasteiger partial charge is 0.417 e. The van der Waals surface area contributed by atoms with Gasteiger partial charge in [0.05, 0.1) is 18.7 Å². The molecule has 0 unspecified atom stereocenters. The van der Waals surface area contributed by atoms with Gasteiger partial charge in [-0.2, -0.15) is 0 Å². The third kappa shape index (κ3) is 1.76. The molecule has 1 aromatic heterocycles.